The standard InChI is InChI=1S/C6H12N4/c1-2-8-6-5(7-1)9-3-4-10-6/h7-10H,1-4H2. The fourth-order valence-electron chi connectivity index (χ4n) is 1.23. The van der Waals surface area contributed by atoms with Gasteiger partial charge in [-0.2, -0.15) is 0 Å². The Balaban J connectivity index is 2.14. The van der Waals surface area contributed by atoms with E-state index in [1.165, 1.54) is 0 Å². The Morgan fingerprint density at radius 1 is 0.600 bits per heavy atom. The molecule has 0 bridgehead atoms. The number of rotatable bonds is 0. The molecular weight excluding hydrogens is 128 g/mol. The van der Waals surface area contributed by atoms with E-state index in [9.17, 15) is 0 Å². The molecule has 0 unspecified atom stereocenters. The molecule has 10 heavy (non-hydrogen) atoms. The summed E-state index contributed by atoms with van der Waals surface area (Å²) < 4.78 is 0. The van der Waals surface area contributed by atoms with E-state index in [4.69, 9.17) is 0 Å². The Kier molecular flexibility index (Phi) is 1.30. The fourth-order valence-corrected chi connectivity index (χ4v) is 1.23. The minimum Gasteiger partial charge on any atom is -0.367 e. The zero-order valence-corrected chi connectivity index (χ0v) is 5.83. The van der Waals surface area contributed by atoms with E-state index in [1.807, 2.05) is 0 Å². The summed E-state index contributed by atoms with van der Waals surface area (Å²) in [4.78, 5) is 0. The summed E-state index contributed by atoms with van der Waals surface area (Å²) in [5.41, 5.74) is 0. The summed E-state index contributed by atoms with van der Waals surface area (Å²) in [7, 11) is 0. The molecule has 56 valence electrons. The van der Waals surface area contributed by atoms with Crippen molar-refractivity contribution in [2.75, 3.05) is 26.2 Å². The molecule has 0 atom stereocenters. The van der Waals surface area contributed by atoms with E-state index >= 15 is 0 Å². The number of hydrogen-bond donors (Lipinski definition) is 4. The zero-order chi connectivity index (χ0) is 6.81. The molecule has 0 spiro atoms. The quantitative estimate of drug-likeness (QED) is 0.331. The highest BCUT2D eigenvalue weighted by Crippen LogP contribution is 1.97. The lowest BCUT2D eigenvalue weighted by Gasteiger charge is -2.29. The molecule has 0 aromatic carbocycles. The molecule has 0 amide bonds. The predicted molar refractivity (Wildman–Crippen MR) is 39.0 cm³/mol. The van der Waals surface area contributed by atoms with Gasteiger partial charge in [0.05, 0.1) is 0 Å². The molecule has 0 saturated heterocycles. The van der Waals surface area contributed by atoms with E-state index < -0.39 is 0 Å². The van der Waals surface area contributed by atoms with E-state index in [2.05, 4.69) is 21.3 Å². The maximum Gasteiger partial charge on any atom is 0.140 e. The lowest BCUT2D eigenvalue weighted by atomic mass is 10.4. The maximum atomic E-state index is 3.26. The molecule has 0 fully saturated rings. The van der Waals surface area contributed by atoms with Crippen molar-refractivity contribution < 1.29 is 0 Å². The van der Waals surface area contributed by atoms with Crippen LogP contribution in [0.3, 0.4) is 0 Å². The number of nitrogens with one attached hydrogen (secondary N) is 4. The molecule has 2 rings (SSSR count). The lowest BCUT2D eigenvalue weighted by Crippen LogP contribution is -2.50. The Morgan fingerprint density at radius 2 is 0.900 bits per heavy atom. The predicted octanol–water partition coefficient (Wildman–Crippen LogP) is -1.50. The van der Waals surface area contributed by atoms with Gasteiger partial charge < -0.3 is 21.3 Å². The highest BCUT2D eigenvalue weighted by atomic mass is 15.3. The van der Waals surface area contributed by atoms with Crippen LogP contribution in [0.1, 0.15) is 0 Å². The summed E-state index contributed by atoms with van der Waals surface area (Å²) in [6.07, 6.45) is 0. The van der Waals surface area contributed by atoms with Crippen molar-refractivity contribution in [3.8, 4) is 0 Å². The van der Waals surface area contributed by atoms with E-state index in [-0.39, 0.29) is 0 Å². The van der Waals surface area contributed by atoms with E-state index in [0.29, 0.717) is 0 Å². The Bertz CT molecular complexity index is 129. The Morgan fingerprint density at radius 3 is 1.20 bits per heavy atom. The second-order valence-electron chi connectivity index (χ2n) is 2.46. The van der Waals surface area contributed by atoms with E-state index in [0.717, 1.165) is 37.8 Å². The summed E-state index contributed by atoms with van der Waals surface area (Å²) in [6, 6.07) is 0. The average molecular weight is 140 g/mol. The van der Waals surface area contributed by atoms with Crippen LogP contribution in [0.5, 0.6) is 0 Å². The molecule has 0 aromatic heterocycles. The van der Waals surface area contributed by atoms with Crippen molar-refractivity contribution in [2.24, 2.45) is 0 Å². The van der Waals surface area contributed by atoms with Gasteiger partial charge in [-0.05, 0) is 0 Å². The zero-order valence-electron chi connectivity index (χ0n) is 5.83. The molecule has 2 heterocycles. The third kappa shape index (κ3) is 0.853. The minimum absolute atomic E-state index is 1.01. The normalized spacial score (nSPS) is 23.2. The first-order valence-corrected chi connectivity index (χ1v) is 3.66. The number of hydrogen-bond acceptors (Lipinski definition) is 4. The van der Waals surface area contributed by atoms with Crippen molar-refractivity contribution in [3.63, 3.8) is 0 Å². The van der Waals surface area contributed by atoms with Crippen LogP contribution in [0, 0.1) is 0 Å². The molecule has 2 aliphatic heterocycles. The molecule has 0 saturated carbocycles. The molecule has 4 nitrogen and oxygen atoms in total. The summed E-state index contributed by atoms with van der Waals surface area (Å²) in [5, 5.41) is 13.1. The first-order valence-electron chi connectivity index (χ1n) is 3.66. The van der Waals surface area contributed by atoms with Gasteiger partial charge in [0, 0.05) is 26.2 Å². The third-order valence-electron chi connectivity index (χ3n) is 1.71. The average Bonchev–Trinajstić information content (AvgIpc) is 2.05. The highest BCUT2D eigenvalue weighted by molar-refractivity contribution is 5.13. The third-order valence-corrected chi connectivity index (χ3v) is 1.71. The van der Waals surface area contributed by atoms with Crippen LogP contribution in [-0.2, 0) is 0 Å². The van der Waals surface area contributed by atoms with Crippen LogP contribution >= 0.6 is 0 Å². The fraction of sp³-hybridized carbons (Fsp3) is 0.667. The van der Waals surface area contributed by atoms with Crippen LogP contribution in [0.15, 0.2) is 11.6 Å². The smallest absolute Gasteiger partial charge is 0.140 e. The summed E-state index contributed by atoms with van der Waals surface area (Å²) in [6.45, 7) is 4.03. The molecule has 0 radical (unpaired) electrons. The van der Waals surface area contributed by atoms with Gasteiger partial charge in [-0.25, -0.2) is 0 Å². The molecular formula is C6H12N4. The molecule has 0 aliphatic carbocycles. The largest absolute Gasteiger partial charge is 0.367 e. The van der Waals surface area contributed by atoms with Gasteiger partial charge in [0.15, 0.2) is 0 Å². The van der Waals surface area contributed by atoms with Crippen molar-refractivity contribution in [1.82, 2.24) is 21.3 Å². The van der Waals surface area contributed by atoms with E-state index in [1.54, 1.807) is 0 Å². The summed E-state index contributed by atoms with van der Waals surface area (Å²) >= 11 is 0. The minimum atomic E-state index is 1.01. The molecule has 4 heteroatoms. The second-order valence-corrected chi connectivity index (χ2v) is 2.46. The topological polar surface area (TPSA) is 48.1 Å². The maximum absolute atomic E-state index is 3.26. The first kappa shape index (κ1) is 5.70. The van der Waals surface area contributed by atoms with Gasteiger partial charge in [-0.1, -0.05) is 0 Å². The van der Waals surface area contributed by atoms with Crippen LogP contribution in [0.2, 0.25) is 0 Å². The van der Waals surface area contributed by atoms with Crippen LogP contribution < -0.4 is 21.3 Å². The van der Waals surface area contributed by atoms with Gasteiger partial charge >= 0.3 is 0 Å². The Labute approximate surface area is 60.1 Å². The van der Waals surface area contributed by atoms with Crippen molar-refractivity contribution in [1.29, 1.82) is 0 Å². The molecule has 2 aliphatic rings. The van der Waals surface area contributed by atoms with Crippen LogP contribution in [0.4, 0.5) is 0 Å². The van der Waals surface area contributed by atoms with Gasteiger partial charge in [0.1, 0.15) is 11.6 Å². The van der Waals surface area contributed by atoms with Crippen molar-refractivity contribution in [2.45, 2.75) is 0 Å². The van der Waals surface area contributed by atoms with Gasteiger partial charge in [0.25, 0.3) is 0 Å². The van der Waals surface area contributed by atoms with Crippen molar-refractivity contribution >= 4 is 0 Å². The van der Waals surface area contributed by atoms with Crippen molar-refractivity contribution in [3.05, 3.63) is 11.6 Å². The second kappa shape index (κ2) is 2.28. The summed E-state index contributed by atoms with van der Waals surface area (Å²) in [5.74, 6) is 2.25. The molecule has 4 N–H and O–H groups in total. The van der Waals surface area contributed by atoms with Gasteiger partial charge in [-0.15, -0.1) is 0 Å². The van der Waals surface area contributed by atoms with Crippen LogP contribution in [-0.4, -0.2) is 26.2 Å². The SMILES string of the molecule is C1CNC2=C(N1)NCCN2. The Hall–Kier alpha value is -1.06. The van der Waals surface area contributed by atoms with Gasteiger partial charge in [-0.3, -0.25) is 0 Å². The lowest BCUT2D eigenvalue weighted by molar-refractivity contribution is 0.505. The highest BCUT2D eigenvalue weighted by Gasteiger charge is 2.13. The first-order chi connectivity index (χ1) is 4.97. The molecule has 0 aromatic rings. The van der Waals surface area contributed by atoms with Gasteiger partial charge in [0.2, 0.25) is 0 Å². The van der Waals surface area contributed by atoms with Crippen LogP contribution in [0.25, 0.3) is 0 Å². The monoisotopic (exact) mass is 140 g/mol.